The Hall–Kier alpha value is -2.60. The number of carbonyl (C=O) groups is 1. The molecule has 2 aromatic carbocycles. The number of nitrogens with zero attached hydrogens (tertiary/aromatic N) is 1. The largest absolute Gasteiger partial charge is 0.466 e. The SMILES string of the molecule is CCOC(=O)C1CCN(C(=S)Nc2ccc(Nc3ccccc3)cc2)CC1. The fourth-order valence-corrected chi connectivity index (χ4v) is 3.41. The molecule has 1 aliphatic heterocycles. The Morgan fingerprint density at radius 2 is 1.63 bits per heavy atom. The third kappa shape index (κ3) is 5.44. The predicted octanol–water partition coefficient (Wildman–Crippen LogP) is 4.40. The van der Waals surface area contributed by atoms with Crippen LogP contribution in [0, 0.1) is 5.92 Å². The quantitative estimate of drug-likeness (QED) is 0.589. The Balaban J connectivity index is 1.49. The van der Waals surface area contributed by atoms with Crippen LogP contribution in [0.3, 0.4) is 0 Å². The van der Waals surface area contributed by atoms with Gasteiger partial charge < -0.3 is 20.3 Å². The highest BCUT2D eigenvalue weighted by Gasteiger charge is 2.26. The van der Waals surface area contributed by atoms with Crippen LogP contribution in [0.15, 0.2) is 54.6 Å². The summed E-state index contributed by atoms with van der Waals surface area (Å²) in [4.78, 5) is 13.9. The second kappa shape index (κ2) is 9.37. The summed E-state index contributed by atoms with van der Waals surface area (Å²) >= 11 is 5.53. The zero-order valence-corrected chi connectivity index (χ0v) is 16.3. The van der Waals surface area contributed by atoms with E-state index in [0.717, 1.165) is 43.0 Å². The van der Waals surface area contributed by atoms with Crippen LogP contribution < -0.4 is 10.6 Å². The van der Waals surface area contributed by atoms with Crippen LogP contribution in [0.1, 0.15) is 19.8 Å². The molecule has 0 saturated carbocycles. The molecule has 5 nitrogen and oxygen atoms in total. The zero-order chi connectivity index (χ0) is 19.1. The van der Waals surface area contributed by atoms with E-state index in [1.807, 2.05) is 61.5 Å². The summed E-state index contributed by atoms with van der Waals surface area (Å²) in [7, 11) is 0. The molecule has 0 spiro atoms. The van der Waals surface area contributed by atoms with Crippen LogP contribution in [0.4, 0.5) is 17.1 Å². The number of likely N-dealkylation sites (tertiary alicyclic amines) is 1. The van der Waals surface area contributed by atoms with Gasteiger partial charge in [-0.15, -0.1) is 0 Å². The van der Waals surface area contributed by atoms with Gasteiger partial charge in [-0.05, 0) is 68.4 Å². The van der Waals surface area contributed by atoms with Crippen LogP contribution in [0.25, 0.3) is 0 Å². The molecule has 1 aliphatic rings. The fourth-order valence-electron chi connectivity index (χ4n) is 3.11. The first-order chi connectivity index (χ1) is 13.2. The Morgan fingerprint density at radius 3 is 2.26 bits per heavy atom. The van der Waals surface area contributed by atoms with Crippen LogP contribution in [-0.2, 0) is 9.53 Å². The molecule has 27 heavy (non-hydrogen) atoms. The molecule has 0 radical (unpaired) electrons. The van der Waals surface area contributed by atoms with Gasteiger partial charge >= 0.3 is 5.97 Å². The number of hydrogen-bond donors (Lipinski definition) is 2. The average molecular weight is 384 g/mol. The molecule has 3 rings (SSSR count). The normalized spacial score (nSPS) is 14.5. The van der Waals surface area contributed by atoms with Gasteiger partial charge in [0.15, 0.2) is 5.11 Å². The minimum Gasteiger partial charge on any atom is -0.466 e. The van der Waals surface area contributed by atoms with E-state index in [4.69, 9.17) is 17.0 Å². The minimum atomic E-state index is -0.0856. The Labute approximate surface area is 165 Å². The summed E-state index contributed by atoms with van der Waals surface area (Å²) in [6.07, 6.45) is 1.56. The lowest BCUT2D eigenvalue weighted by Gasteiger charge is -2.32. The first kappa shape index (κ1) is 19.2. The summed E-state index contributed by atoms with van der Waals surface area (Å²) in [5, 5.41) is 7.34. The van der Waals surface area contributed by atoms with Gasteiger partial charge in [-0.2, -0.15) is 0 Å². The number of piperidine rings is 1. The molecule has 0 unspecified atom stereocenters. The number of carbonyl (C=O) groups excluding carboxylic acids is 1. The summed E-state index contributed by atoms with van der Waals surface area (Å²) in [6.45, 7) is 3.81. The first-order valence-electron chi connectivity index (χ1n) is 9.30. The van der Waals surface area contributed by atoms with Gasteiger partial charge in [-0.1, -0.05) is 18.2 Å². The van der Waals surface area contributed by atoms with E-state index < -0.39 is 0 Å². The zero-order valence-electron chi connectivity index (χ0n) is 15.5. The van der Waals surface area contributed by atoms with Gasteiger partial charge in [0.1, 0.15) is 0 Å². The van der Waals surface area contributed by atoms with Crippen LogP contribution in [0.2, 0.25) is 0 Å². The third-order valence-corrected chi connectivity index (χ3v) is 4.96. The van der Waals surface area contributed by atoms with Crippen molar-refractivity contribution in [1.29, 1.82) is 0 Å². The van der Waals surface area contributed by atoms with Gasteiger partial charge in [0.2, 0.25) is 0 Å². The molecule has 6 heteroatoms. The Bertz CT molecular complexity index is 757. The van der Waals surface area contributed by atoms with Gasteiger partial charge in [-0.25, -0.2) is 0 Å². The van der Waals surface area contributed by atoms with Crippen molar-refractivity contribution in [3.8, 4) is 0 Å². The van der Waals surface area contributed by atoms with E-state index in [1.165, 1.54) is 0 Å². The molecule has 1 fully saturated rings. The summed E-state index contributed by atoms with van der Waals surface area (Å²) in [5.74, 6) is -0.0927. The van der Waals surface area contributed by atoms with E-state index >= 15 is 0 Å². The highest BCUT2D eigenvalue weighted by atomic mass is 32.1. The maximum Gasteiger partial charge on any atom is 0.309 e. The van der Waals surface area contributed by atoms with Crippen molar-refractivity contribution >= 4 is 40.4 Å². The van der Waals surface area contributed by atoms with Crippen molar-refractivity contribution < 1.29 is 9.53 Å². The number of para-hydroxylation sites is 1. The molecular formula is C21H25N3O2S. The van der Waals surface area contributed by atoms with E-state index in [-0.39, 0.29) is 11.9 Å². The molecular weight excluding hydrogens is 358 g/mol. The second-order valence-corrected chi connectivity index (χ2v) is 6.90. The van der Waals surface area contributed by atoms with Crippen molar-refractivity contribution in [1.82, 2.24) is 4.90 Å². The maximum absolute atomic E-state index is 11.8. The number of thiocarbonyl (C=S) groups is 1. The Morgan fingerprint density at radius 1 is 1.04 bits per heavy atom. The minimum absolute atomic E-state index is 0.00709. The average Bonchev–Trinajstić information content (AvgIpc) is 2.70. The smallest absolute Gasteiger partial charge is 0.309 e. The summed E-state index contributed by atoms with van der Waals surface area (Å²) in [5.41, 5.74) is 3.03. The van der Waals surface area contributed by atoms with E-state index in [9.17, 15) is 4.79 Å². The van der Waals surface area contributed by atoms with Crippen molar-refractivity contribution in [3.05, 3.63) is 54.6 Å². The molecule has 2 N–H and O–H groups in total. The molecule has 2 aromatic rings. The summed E-state index contributed by atoms with van der Waals surface area (Å²) < 4.78 is 5.11. The van der Waals surface area contributed by atoms with E-state index in [0.29, 0.717) is 11.7 Å². The lowest BCUT2D eigenvalue weighted by molar-refractivity contribution is -0.149. The highest BCUT2D eigenvalue weighted by molar-refractivity contribution is 7.80. The fraction of sp³-hybridized carbons (Fsp3) is 0.333. The van der Waals surface area contributed by atoms with Crippen LogP contribution in [0.5, 0.6) is 0 Å². The van der Waals surface area contributed by atoms with Crippen molar-refractivity contribution in [2.45, 2.75) is 19.8 Å². The molecule has 0 aromatic heterocycles. The number of esters is 1. The molecule has 1 heterocycles. The molecule has 0 amide bonds. The van der Waals surface area contributed by atoms with Gasteiger partial charge in [0.25, 0.3) is 0 Å². The number of ether oxygens (including phenoxy) is 1. The van der Waals surface area contributed by atoms with Gasteiger partial charge in [-0.3, -0.25) is 4.79 Å². The summed E-state index contributed by atoms with van der Waals surface area (Å²) in [6, 6.07) is 18.1. The number of rotatable bonds is 5. The first-order valence-corrected chi connectivity index (χ1v) is 9.71. The second-order valence-electron chi connectivity index (χ2n) is 6.51. The van der Waals surface area contributed by atoms with Crippen LogP contribution >= 0.6 is 12.2 Å². The molecule has 0 atom stereocenters. The third-order valence-electron chi connectivity index (χ3n) is 4.60. The van der Waals surface area contributed by atoms with Gasteiger partial charge in [0.05, 0.1) is 12.5 Å². The monoisotopic (exact) mass is 383 g/mol. The molecule has 0 aliphatic carbocycles. The van der Waals surface area contributed by atoms with Crippen molar-refractivity contribution in [2.24, 2.45) is 5.92 Å². The van der Waals surface area contributed by atoms with Crippen LogP contribution in [-0.4, -0.2) is 35.7 Å². The van der Waals surface area contributed by atoms with Crippen molar-refractivity contribution in [2.75, 3.05) is 30.3 Å². The van der Waals surface area contributed by atoms with E-state index in [2.05, 4.69) is 15.5 Å². The van der Waals surface area contributed by atoms with Gasteiger partial charge in [0, 0.05) is 30.2 Å². The number of nitrogens with one attached hydrogen (secondary N) is 2. The topological polar surface area (TPSA) is 53.6 Å². The maximum atomic E-state index is 11.8. The lowest BCUT2D eigenvalue weighted by Crippen LogP contribution is -2.42. The predicted molar refractivity (Wildman–Crippen MR) is 113 cm³/mol. The number of anilines is 3. The number of benzene rings is 2. The number of hydrogen-bond acceptors (Lipinski definition) is 4. The highest BCUT2D eigenvalue weighted by Crippen LogP contribution is 2.21. The molecule has 142 valence electrons. The lowest BCUT2D eigenvalue weighted by atomic mass is 9.97. The molecule has 1 saturated heterocycles. The Kier molecular flexibility index (Phi) is 6.65. The van der Waals surface area contributed by atoms with E-state index in [1.54, 1.807) is 0 Å². The standard InChI is InChI=1S/C21H25N3O2S/c1-2-26-20(25)16-12-14-24(15-13-16)21(27)23-19-10-8-18(9-11-19)22-17-6-4-3-5-7-17/h3-11,16,22H,2,12-15H2,1H3,(H,23,27). The molecule has 0 bridgehead atoms. The van der Waals surface area contributed by atoms with Crippen molar-refractivity contribution in [3.63, 3.8) is 0 Å².